The fourth-order valence-electron chi connectivity index (χ4n) is 1.80. The van der Waals surface area contributed by atoms with Crippen LogP contribution in [0.3, 0.4) is 0 Å². The van der Waals surface area contributed by atoms with Crippen LogP contribution < -0.4 is 9.16 Å². The van der Waals surface area contributed by atoms with E-state index in [2.05, 4.69) is 33.9 Å². The number of hydrogen-bond acceptors (Lipinski definition) is 4. The number of nitro groups is 1. The standard InChI is InChI=1S/C18H23NO4Si/c1-18(2,3)24(4,5)23-17-12-10-16(11-13-17)22-15-8-6-14(7-9-15)19(20)21/h6-13H,1-5H3. The Labute approximate surface area is 143 Å². The molecule has 0 saturated heterocycles. The van der Waals surface area contributed by atoms with Gasteiger partial charge in [0.05, 0.1) is 4.92 Å². The summed E-state index contributed by atoms with van der Waals surface area (Å²) in [5, 5.41) is 10.8. The van der Waals surface area contributed by atoms with Crippen molar-refractivity contribution in [1.82, 2.24) is 0 Å². The fourth-order valence-corrected chi connectivity index (χ4v) is 2.83. The Hall–Kier alpha value is -2.34. The normalized spacial score (nSPS) is 11.9. The van der Waals surface area contributed by atoms with E-state index >= 15 is 0 Å². The number of ether oxygens (including phenoxy) is 1. The maximum Gasteiger partial charge on any atom is 0.269 e. The van der Waals surface area contributed by atoms with Crippen molar-refractivity contribution in [3.63, 3.8) is 0 Å². The van der Waals surface area contributed by atoms with Crippen LogP contribution in [-0.4, -0.2) is 13.2 Å². The van der Waals surface area contributed by atoms with Gasteiger partial charge in [-0.25, -0.2) is 0 Å². The minimum Gasteiger partial charge on any atom is -0.543 e. The van der Waals surface area contributed by atoms with Crippen LogP contribution in [0, 0.1) is 10.1 Å². The molecule has 0 saturated carbocycles. The summed E-state index contributed by atoms with van der Waals surface area (Å²) < 4.78 is 11.9. The number of benzene rings is 2. The third kappa shape index (κ3) is 4.35. The average molecular weight is 345 g/mol. The van der Waals surface area contributed by atoms with Crippen LogP contribution in [-0.2, 0) is 0 Å². The molecule has 0 aliphatic carbocycles. The Morgan fingerprint density at radius 1 is 0.875 bits per heavy atom. The van der Waals surface area contributed by atoms with Gasteiger partial charge in [0.2, 0.25) is 8.32 Å². The highest BCUT2D eigenvalue weighted by atomic mass is 28.4. The lowest BCUT2D eigenvalue weighted by Crippen LogP contribution is -2.43. The van der Waals surface area contributed by atoms with E-state index in [9.17, 15) is 10.1 Å². The lowest BCUT2D eigenvalue weighted by Gasteiger charge is -2.36. The van der Waals surface area contributed by atoms with E-state index in [1.165, 1.54) is 12.1 Å². The van der Waals surface area contributed by atoms with Crippen LogP contribution in [0.25, 0.3) is 0 Å². The molecule has 2 aromatic rings. The quantitative estimate of drug-likeness (QED) is 0.392. The fraction of sp³-hybridized carbons (Fsp3) is 0.333. The predicted molar refractivity (Wildman–Crippen MR) is 97.4 cm³/mol. The van der Waals surface area contributed by atoms with E-state index in [0.29, 0.717) is 11.5 Å². The maximum atomic E-state index is 10.6. The molecule has 2 aromatic carbocycles. The van der Waals surface area contributed by atoms with E-state index in [1.807, 2.05) is 24.3 Å². The molecule has 0 aliphatic heterocycles. The van der Waals surface area contributed by atoms with Crippen LogP contribution in [0.15, 0.2) is 48.5 Å². The van der Waals surface area contributed by atoms with Gasteiger partial charge < -0.3 is 9.16 Å². The van der Waals surface area contributed by atoms with Crippen LogP contribution in [0.1, 0.15) is 20.8 Å². The first kappa shape index (κ1) is 18.0. The summed E-state index contributed by atoms with van der Waals surface area (Å²) in [5.74, 6) is 2.04. The molecule has 0 amide bonds. The van der Waals surface area contributed by atoms with Gasteiger partial charge in [-0.1, -0.05) is 20.8 Å². The molecule has 128 valence electrons. The summed E-state index contributed by atoms with van der Waals surface area (Å²) in [6.07, 6.45) is 0. The molecular formula is C18H23NO4Si. The van der Waals surface area contributed by atoms with Gasteiger partial charge in [-0.15, -0.1) is 0 Å². The SMILES string of the molecule is CC(C)(C)[Si](C)(C)Oc1ccc(Oc2ccc([N+](=O)[O-])cc2)cc1. The summed E-state index contributed by atoms with van der Waals surface area (Å²) >= 11 is 0. The van der Waals surface area contributed by atoms with Gasteiger partial charge in [0.1, 0.15) is 17.2 Å². The average Bonchev–Trinajstić information content (AvgIpc) is 2.48. The third-order valence-corrected chi connectivity index (χ3v) is 8.64. The van der Waals surface area contributed by atoms with Gasteiger partial charge >= 0.3 is 0 Å². The molecule has 0 spiro atoms. The van der Waals surface area contributed by atoms with Crippen molar-refractivity contribution < 1.29 is 14.1 Å². The second-order valence-electron chi connectivity index (χ2n) is 7.19. The monoisotopic (exact) mass is 345 g/mol. The third-order valence-electron chi connectivity index (χ3n) is 4.29. The minimum atomic E-state index is -1.86. The van der Waals surface area contributed by atoms with Crippen molar-refractivity contribution in [2.24, 2.45) is 0 Å². The molecule has 24 heavy (non-hydrogen) atoms. The maximum absolute atomic E-state index is 10.6. The summed E-state index contributed by atoms with van der Waals surface area (Å²) in [6.45, 7) is 11.0. The largest absolute Gasteiger partial charge is 0.543 e. The molecule has 0 N–H and O–H groups in total. The molecule has 0 bridgehead atoms. The zero-order valence-corrected chi connectivity index (χ0v) is 15.7. The van der Waals surface area contributed by atoms with Gasteiger partial charge in [0.15, 0.2) is 0 Å². The molecular weight excluding hydrogens is 322 g/mol. The van der Waals surface area contributed by atoms with Crippen LogP contribution >= 0.6 is 0 Å². The van der Waals surface area contributed by atoms with E-state index in [1.54, 1.807) is 12.1 Å². The highest BCUT2D eigenvalue weighted by Gasteiger charge is 2.38. The summed E-state index contributed by atoms with van der Waals surface area (Å²) in [5.41, 5.74) is 0.0421. The Morgan fingerprint density at radius 2 is 1.29 bits per heavy atom. The van der Waals surface area contributed by atoms with E-state index in [-0.39, 0.29) is 10.7 Å². The zero-order chi connectivity index (χ0) is 18.0. The number of nitrogens with zero attached hydrogens (tertiary/aromatic N) is 1. The Bertz CT molecular complexity index is 703. The molecule has 5 nitrogen and oxygen atoms in total. The molecule has 0 fully saturated rings. The molecule has 0 heterocycles. The number of nitro benzene ring substituents is 1. The Morgan fingerprint density at radius 3 is 1.71 bits per heavy atom. The Kier molecular flexibility index (Phi) is 4.98. The van der Waals surface area contributed by atoms with Crippen molar-refractivity contribution in [2.45, 2.75) is 38.9 Å². The molecule has 0 aromatic heterocycles. The number of non-ortho nitro benzene ring substituents is 1. The number of hydrogen-bond donors (Lipinski definition) is 0. The first-order chi connectivity index (χ1) is 11.1. The van der Waals surface area contributed by atoms with Crippen molar-refractivity contribution in [1.29, 1.82) is 0 Å². The minimum absolute atomic E-state index is 0.0421. The summed E-state index contributed by atoms with van der Waals surface area (Å²) in [6, 6.07) is 13.5. The smallest absolute Gasteiger partial charge is 0.269 e. The van der Waals surface area contributed by atoms with Gasteiger partial charge in [0, 0.05) is 12.1 Å². The topological polar surface area (TPSA) is 61.6 Å². The second-order valence-corrected chi connectivity index (χ2v) is 11.9. The first-order valence-electron chi connectivity index (χ1n) is 7.80. The van der Waals surface area contributed by atoms with Crippen molar-refractivity contribution in [3.8, 4) is 17.2 Å². The highest BCUT2D eigenvalue weighted by molar-refractivity contribution is 6.74. The van der Waals surface area contributed by atoms with E-state index in [4.69, 9.17) is 9.16 Å². The van der Waals surface area contributed by atoms with Gasteiger partial charge in [0.25, 0.3) is 5.69 Å². The summed E-state index contributed by atoms with van der Waals surface area (Å²) in [7, 11) is -1.86. The molecule has 0 aliphatic rings. The van der Waals surface area contributed by atoms with Crippen LogP contribution in [0.2, 0.25) is 18.1 Å². The van der Waals surface area contributed by atoms with E-state index in [0.717, 1.165) is 5.75 Å². The van der Waals surface area contributed by atoms with Crippen molar-refractivity contribution >= 4 is 14.0 Å². The van der Waals surface area contributed by atoms with Gasteiger partial charge in [-0.05, 0) is 54.5 Å². The van der Waals surface area contributed by atoms with Crippen LogP contribution in [0.4, 0.5) is 5.69 Å². The zero-order valence-electron chi connectivity index (χ0n) is 14.7. The predicted octanol–water partition coefficient (Wildman–Crippen LogP) is 5.77. The van der Waals surface area contributed by atoms with Gasteiger partial charge in [-0.3, -0.25) is 10.1 Å². The number of rotatable bonds is 5. The van der Waals surface area contributed by atoms with E-state index < -0.39 is 13.2 Å². The lowest BCUT2D eigenvalue weighted by atomic mass is 10.2. The molecule has 6 heteroatoms. The van der Waals surface area contributed by atoms with Crippen molar-refractivity contribution in [2.75, 3.05) is 0 Å². The Balaban J connectivity index is 2.05. The summed E-state index contributed by atoms with van der Waals surface area (Å²) in [4.78, 5) is 10.2. The lowest BCUT2D eigenvalue weighted by molar-refractivity contribution is -0.384. The molecule has 0 unspecified atom stereocenters. The molecule has 2 rings (SSSR count). The second kappa shape index (κ2) is 6.65. The highest BCUT2D eigenvalue weighted by Crippen LogP contribution is 2.37. The first-order valence-corrected chi connectivity index (χ1v) is 10.7. The molecule has 0 radical (unpaired) electrons. The van der Waals surface area contributed by atoms with Gasteiger partial charge in [-0.2, -0.15) is 0 Å². The van der Waals surface area contributed by atoms with Crippen LogP contribution in [0.5, 0.6) is 17.2 Å². The van der Waals surface area contributed by atoms with Crippen molar-refractivity contribution in [3.05, 3.63) is 58.6 Å². The molecule has 0 atom stereocenters.